The maximum Gasteiger partial charge on any atom is 0.283 e. The van der Waals surface area contributed by atoms with Crippen molar-refractivity contribution in [2.24, 2.45) is 5.92 Å². The number of fused-ring (bicyclic) bond motifs is 1. The Hall–Kier alpha value is -4.54. The van der Waals surface area contributed by atoms with E-state index in [9.17, 15) is 18.4 Å². The van der Waals surface area contributed by atoms with Gasteiger partial charge in [0.05, 0.1) is 23.1 Å². The van der Waals surface area contributed by atoms with Crippen LogP contribution in [0.5, 0.6) is 0 Å². The number of nitrogens with one attached hydrogen (secondary N) is 2. The lowest BCUT2D eigenvalue weighted by molar-refractivity contribution is 0.0944. The first-order chi connectivity index (χ1) is 21.5. The number of benzene rings is 1. The standard InChI is InChI=1S/C26H22F2N7O2P.C6H14O/c1-29-25(37)22-21(20-9-2-3-10-30-20)33-23-19(8-5-11-34(22)23)24(36)31-13-16-14-32-35(15-16)18-7-4-6-17(12-18)26(27,28)38;1-6(2)4-3-5-7/h2-12,14-15H,13,38H2,1H3,(H,29,37)(H,31,36);6-7H,3-5H2,1-2H3. The van der Waals surface area contributed by atoms with Crippen molar-refractivity contribution in [2.45, 2.75) is 38.9 Å². The number of aliphatic hydroxyl groups is 1. The van der Waals surface area contributed by atoms with Gasteiger partial charge in [-0.1, -0.05) is 41.3 Å². The zero-order chi connectivity index (χ0) is 32.6. The van der Waals surface area contributed by atoms with Gasteiger partial charge in [-0.2, -0.15) is 13.9 Å². The molecular weight excluding hydrogens is 599 g/mol. The Kier molecular flexibility index (Phi) is 11.1. The van der Waals surface area contributed by atoms with Crippen LogP contribution in [0.25, 0.3) is 22.7 Å². The molecular formula is C32H36F2N7O3P. The number of carbonyl (C=O) groups excluding carboxylic acids is 2. The lowest BCUT2D eigenvalue weighted by Crippen LogP contribution is -2.24. The molecule has 1 atom stereocenters. The predicted octanol–water partition coefficient (Wildman–Crippen LogP) is 5.21. The Morgan fingerprint density at radius 1 is 1.09 bits per heavy atom. The van der Waals surface area contributed by atoms with Gasteiger partial charge in [0.1, 0.15) is 11.4 Å². The Bertz CT molecular complexity index is 1750. The topological polar surface area (TPSA) is 126 Å². The molecule has 45 heavy (non-hydrogen) atoms. The van der Waals surface area contributed by atoms with Crippen molar-refractivity contribution in [2.75, 3.05) is 13.7 Å². The summed E-state index contributed by atoms with van der Waals surface area (Å²) in [5, 5.41) is 18.0. The number of amides is 2. The summed E-state index contributed by atoms with van der Waals surface area (Å²) in [6.07, 6.45) is 8.56. The monoisotopic (exact) mass is 635 g/mol. The number of alkyl halides is 2. The summed E-state index contributed by atoms with van der Waals surface area (Å²) in [7, 11) is 3.04. The lowest BCUT2D eigenvalue weighted by atomic mass is 10.1. The van der Waals surface area contributed by atoms with Crippen LogP contribution < -0.4 is 10.6 Å². The molecule has 4 heterocycles. The third-order valence-corrected chi connectivity index (χ3v) is 7.10. The highest BCUT2D eigenvalue weighted by molar-refractivity contribution is 7.17. The molecule has 0 saturated heterocycles. The van der Waals surface area contributed by atoms with Gasteiger partial charge in [0, 0.05) is 49.9 Å². The first kappa shape index (κ1) is 33.4. The number of pyridine rings is 2. The fraction of sp³-hybridized carbons (Fsp3) is 0.281. The van der Waals surface area contributed by atoms with Crippen LogP contribution in [0, 0.1) is 5.92 Å². The maximum atomic E-state index is 13.7. The van der Waals surface area contributed by atoms with E-state index in [0.717, 1.165) is 18.8 Å². The Balaban J connectivity index is 0.000000591. The van der Waals surface area contributed by atoms with E-state index in [4.69, 9.17) is 5.11 Å². The van der Waals surface area contributed by atoms with Gasteiger partial charge in [0.25, 0.3) is 17.5 Å². The number of rotatable bonds is 10. The van der Waals surface area contributed by atoms with Crippen LogP contribution >= 0.6 is 9.24 Å². The molecule has 3 N–H and O–H groups in total. The summed E-state index contributed by atoms with van der Waals surface area (Å²) in [6, 6.07) is 14.4. The molecule has 5 aromatic rings. The normalized spacial score (nSPS) is 11.3. The number of aliphatic hydroxyl groups excluding tert-OH is 1. The third kappa shape index (κ3) is 8.34. The molecule has 0 aliphatic rings. The minimum atomic E-state index is -3.05. The number of hydrogen-bond donors (Lipinski definition) is 3. The van der Waals surface area contributed by atoms with Crippen LogP contribution in [0.3, 0.4) is 0 Å². The highest BCUT2D eigenvalue weighted by Crippen LogP contribution is 2.35. The van der Waals surface area contributed by atoms with E-state index >= 15 is 0 Å². The summed E-state index contributed by atoms with van der Waals surface area (Å²) in [4.78, 5) is 34.8. The molecule has 1 unspecified atom stereocenters. The first-order valence-corrected chi connectivity index (χ1v) is 15.0. The molecule has 0 aliphatic heterocycles. The van der Waals surface area contributed by atoms with Crippen LogP contribution in [0.1, 0.15) is 58.7 Å². The minimum Gasteiger partial charge on any atom is -0.396 e. The number of imidazole rings is 1. The van der Waals surface area contributed by atoms with E-state index in [-0.39, 0.29) is 29.3 Å². The van der Waals surface area contributed by atoms with Gasteiger partial charge in [-0.05, 0) is 55.2 Å². The second kappa shape index (κ2) is 15.0. The molecule has 2 amide bonds. The van der Waals surface area contributed by atoms with E-state index < -0.39 is 11.6 Å². The van der Waals surface area contributed by atoms with Gasteiger partial charge < -0.3 is 15.7 Å². The van der Waals surface area contributed by atoms with Gasteiger partial charge >= 0.3 is 0 Å². The summed E-state index contributed by atoms with van der Waals surface area (Å²) >= 11 is 0. The van der Waals surface area contributed by atoms with Crippen LogP contribution in [0.4, 0.5) is 8.78 Å². The highest BCUT2D eigenvalue weighted by atomic mass is 31.0. The quantitative estimate of drug-likeness (QED) is 0.181. The zero-order valence-corrected chi connectivity index (χ0v) is 26.4. The second-order valence-electron chi connectivity index (χ2n) is 10.6. The molecule has 0 fully saturated rings. The summed E-state index contributed by atoms with van der Waals surface area (Å²) in [6.45, 7) is 4.80. The molecule has 0 bridgehead atoms. The molecule has 0 spiro atoms. The van der Waals surface area contributed by atoms with Crippen LogP contribution in [0.2, 0.25) is 0 Å². The Labute approximate surface area is 262 Å². The largest absolute Gasteiger partial charge is 0.396 e. The average molecular weight is 636 g/mol. The van der Waals surface area contributed by atoms with Crippen molar-refractivity contribution in [3.8, 4) is 17.1 Å². The number of nitrogens with zero attached hydrogens (tertiary/aromatic N) is 5. The fourth-order valence-corrected chi connectivity index (χ4v) is 4.67. The zero-order valence-electron chi connectivity index (χ0n) is 25.2. The summed E-state index contributed by atoms with van der Waals surface area (Å²) in [5.41, 5.74) is -0.401. The summed E-state index contributed by atoms with van der Waals surface area (Å²) in [5.74, 6) is -0.0344. The van der Waals surface area contributed by atoms with Crippen molar-refractivity contribution in [3.63, 3.8) is 0 Å². The van der Waals surface area contributed by atoms with Crippen LogP contribution in [0.15, 0.2) is 79.4 Å². The van der Waals surface area contributed by atoms with Crippen LogP contribution in [-0.2, 0) is 12.2 Å². The Morgan fingerprint density at radius 3 is 2.53 bits per heavy atom. The van der Waals surface area contributed by atoms with Crippen LogP contribution in [-0.4, -0.2) is 54.7 Å². The highest BCUT2D eigenvalue weighted by Gasteiger charge is 2.25. The van der Waals surface area contributed by atoms with Crippen molar-refractivity contribution in [3.05, 3.63) is 102 Å². The third-order valence-electron chi connectivity index (χ3n) is 6.77. The lowest BCUT2D eigenvalue weighted by Gasteiger charge is -2.11. The second-order valence-corrected chi connectivity index (χ2v) is 11.4. The van der Waals surface area contributed by atoms with Gasteiger partial charge in [0.2, 0.25) is 0 Å². The predicted molar refractivity (Wildman–Crippen MR) is 171 cm³/mol. The van der Waals surface area contributed by atoms with Crippen molar-refractivity contribution in [1.29, 1.82) is 0 Å². The van der Waals surface area contributed by atoms with Crippen molar-refractivity contribution in [1.82, 2.24) is 34.8 Å². The molecule has 13 heteroatoms. The summed E-state index contributed by atoms with van der Waals surface area (Å²) < 4.78 is 30.4. The number of aromatic nitrogens is 5. The smallest absolute Gasteiger partial charge is 0.283 e. The van der Waals surface area contributed by atoms with Gasteiger partial charge in [-0.15, -0.1) is 0 Å². The van der Waals surface area contributed by atoms with E-state index in [1.54, 1.807) is 65.6 Å². The number of halogens is 2. The van der Waals surface area contributed by atoms with Crippen molar-refractivity contribution < 1.29 is 23.5 Å². The molecule has 1 aromatic carbocycles. The van der Waals surface area contributed by atoms with E-state index in [0.29, 0.717) is 34.9 Å². The SMILES string of the molecule is CC(C)CCCO.CNC(=O)c1c(-c2ccccn2)nc2c(C(=O)NCc3cnn(-c4cccc(C(F)(F)P)c4)c3)cccn12. The molecule has 5 rings (SSSR count). The van der Waals surface area contributed by atoms with Gasteiger partial charge in [0.15, 0.2) is 5.65 Å². The molecule has 0 aliphatic carbocycles. The maximum absolute atomic E-state index is 13.7. The molecule has 4 aromatic heterocycles. The van der Waals surface area contributed by atoms with E-state index in [1.807, 2.05) is 0 Å². The number of carbonyl (C=O) groups is 2. The molecule has 0 radical (unpaired) electrons. The van der Waals surface area contributed by atoms with E-state index in [2.05, 4.69) is 39.5 Å². The molecule has 236 valence electrons. The van der Waals surface area contributed by atoms with Gasteiger partial charge in [-0.3, -0.25) is 19.0 Å². The van der Waals surface area contributed by atoms with Gasteiger partial charge in [-0.25, -0.2) is 9.67 Å². The molecule has 0 saturated carbocycles. The minimum absolute atomic E-state index is 0.134. The average Bonchev–Trinajstić information content (AvgIpc) is 3.68. The van der Waals surface area contributed by atoms with Crippen molar-refractivity contribution >= 4 is 26.7 Å². The van der Waals surface area contributed by atoms with E-state index in [1.165, 1.54) is 39.2 Å². The fourth-order valence-electron chi connectivity index (χ4n) is 4.49. The number of hydrogen-bond acceptors (Lipinski definition) is 6. The Morgan fingerprint density at radius 2 is 1.89 bits per heavy atom. The first-order valence-electron chi connectivity index (χ1n) is 14.4. The molecule has 10 nitrogen and oxygen atoms in total.